The van der Waals surface area contributed by atoms with Gasteiger partial charge in [0.05, 0.1) is 19.3 Å². The summed E-state index contributed by atoms with van der Waals surface area (Å²) in [6.07, 6.45) is 0. The average molecular weight is 454 g/mol. The molecule has 3 aromatic rings. The Hall–Kier alpha value is -3.85. The predicted octanol–water partition coefficient (Wildman–Crippen LogP) is 4.05. The topological polar surface area (TPSA) is 95.9 Å². The number of methoxy groups -OCH3 is 1. The molecule has 164 valence electrons. The van der Waals surface area contributed by atoms with Crippen molar-refractivity contribution in [3.63, 3.8) is 0 Å². The second kappa shape index (κ2) is 8.35. The normalized spacial score (nSPS) is 14.6. The van der Waals surface area contributed by atoms with E-state index in [1.165, 1.54) is 43.5 Å². The molecule has 0 radical (unpaired) electrons. The van der Waals surface area contributed by atoms with E-state index in [1.54, 1.807) is 36.4 Å². The lowest BCUT2D eigenvalue weighted by Gasteiger charge is -2.31. The van der Waals surface area contributed by atoms with E-state index in [4.69, 9.17) is 4.74 Å². The maximum Gasteiger partial charge on any atom is 0.273 e. The first kappa shape index (κ1) is 21.4. The Kier molecular flexibility index (Phi) is 5.58. The monoisotopic (exact) mass is 454 g/mol. The number of sulfonamides is 1. The molecule has 0 saturated heterocycles. The van der Waals surface area contributed by atoms with Gasteiger partial charge in [-0.2, -0.15) is 0 Å². The number of benzene rings is 3. The third-order valence-electron chi connectivity index (χ3n) is 4.98. The molecule has 0 aromatic heterocycles. The van der Waals surface area contributed by atoms with E-state index < -0.39 is 32.4 Å². The number of nitrogens with zero attached hydrogens (tertiary/aromatic N) is 1. The predicted molar refractivity (Wildman–Crippen MR) is 119 cm³/mol. The summed E-state index contributed by atoms with van der Waals surface area (Å²) in [6.45, 7) is -0.147. The first-order valence-electron chi connectivity index (χ1n) is 9.56. The number of aliphatic hydroxyl groups excluding tert-OH is 1. The minimum Gasteiger partial charge on any atom is -0.506 e. The number of fused-ring (bicyclic) bond motifs is 1. The van der Waals surface area contributed by atoms with Crippen LogP contribution in [0.4, 0.5) is 15.8 Å². The lowest BCUT2D eigenvalue weighted by atomic mass is 10.1. The molecule has 0 aliphatic carbocycles. The van der Waals surface area contributed by atoms with Gasteiger partial charge in [-0.1, -0.05) is 24.3 Å². The van der Waals surface area contributed by atoms with Crippen molar-refractivity contribution in [3.8, 4) is 5.75 Å². The first-order chi connectivity index (χ1) is 15.3. The molecule has 0 spiro atoms. The average Bonchev–Trinajstić information content (AvgIpc) is 2.78. The number of hydrogen-bond donors (Lipinski definition) is 2. The van der Waals surface area contributed by atoms with Crippen molar-refractivity contribution >= 4 is 33.1 Å². The number of ether oxygens (including phenoxy) is 1. The zero-order chi connectivity index (χ0) is 22.9. The number of carbonyl (C=O) groups excluding carboxylic acids is 1. The summed E-state index contributed by atoms with van der Waals surface area (Å²) in [7, 11) is -2.94. The van der Waals surface area contributed by atoms with Crippen LogP contribution in [0.5, 0.6) is 5.75 Å². The van der Waals surface area contributed by atoms with Gasteiger partial charge < -0.3 is 15.2 Å². The molecule has 0 unspecified atom stereocenters. The van der Waals surface area contributed by atoms with Crippen LogP contribution in [-0.2, 0) is 21.4 Å². The summed E-state index contributed by atoms with van der Waals surface area (Å²) in [6, 6.07) is 18.0. The highest BCUT2D eigenvalue weighted by Gasteiger charge is 2.41. The fraction of sp³-hybridized carbons (Fsp3) is 0.0870. The zero-order valence-corrected chi connectivity index (χ0v) is 17.8. The first-order valence-corrected chi connectivity index (χ1v) is 11.0. The molecule has 1 amide bonds. The van der Waals surface area contributed by atoms with Gasteiger partial charge in [-0.05, 0) is 54.1 Å². The van der Waals surface area contributed by atoms with Gasteiger partial charge in [0.15, 0.2) is 10.7 Å². The van der Waals surface area contributed by atoms with E-state index >= 15 is 0 Å². The molecule has 9 heteroatoms. The third kappa shape index (κ3) is 3.90. The van der Waals surface area contributed by atoms with Crippen LogP contribution in [0.2, 0.25) is 0 Å². The molecular formula is C23H19FN2O5S. The Morgan fingerprint density at radius 3 is 2.34 bits per heavy atom. The van der Waals surface area contributed by atoms with Gasteiger partial charge in [0.2, 0.25) is 0 Å². The van der Waals surface area contributed by atoms with Crippen LogP contribution < -0.4 is 14.4 Å². The molecule has 1 heterocycles. The van der Waals surface area contributed by atoms with E-state index in [0.29, 0.717) is 17.0 Å². The van der Waals surface area contributed by atoms with E-state index in [0.717, 1.165) is 4.31 Å². The summed E-state index contributed by atoms with van der Waals surface area (Å²) in [5.41, 5.74) is 1.26. The van der Waals surface area contributed by atoms with Crippen LogP contribution in [0.3, 0.4) is 0 Å². The third-order valence-corrected chi connectivity index (χ3v) is 6.79. The number of halogens is 1. The van der Waals surface area contributed by atoms with E-state index in [9.17, 15) is 22.7 Å². The Labute approximate surface area is 184 Å². The molecule has 4 rings (SSSR count). The standard InChI is InChI=1S/C23H19FN2O5S/c1-31-18-12-10-17(11-13-18)25-23(28)22-21(27)19-4-2-3-5-20(19)26(32(22,29)30)14-15-6-8-16(24)9-7-15/h2-13,27H,14H2,1H3,(H,25,28). The summed E-state index contributed by atoms with van der Waals surface area (Å²) in [5.74, 6) is -1.50. The number of hydrogen-bond acceptors (Lipinski definition) is 5. The van der Waals surface area contributed by atoms with Crippen molar-refractivity contribution in [1.29, 1.82) is 0 Å². The highest BCUT2D eigenvalue weighted by molar-refractivity contribution is 7.97. The van der Waals surface area contributed by atoms with Gasteiger partial charge >= 0.3 is 0 Å². The quantitative estimate of drug-likeness (QED) is 0.606. The Bertz CT molecular complexity index is 1300. The van der Waals surface area contributed by atoms with E-state index in [2.05, 4.69) is 5.32 Å². The molecule has 1 aliphatic heterocycles. The van der Waals surface area contributed by atoms with Crippen molar-refractivity contribution in [2.45, 2.75) is 6.54 Å². The van der Waals surface area contributed by atoms with Gasteiger partial charge in [0, 0.05) is 11.3 Å². The number of carbonyl (C=O) groups is 1. The number of amides is 1. The molecule has 32 heavy (non-hydrogen) atoms. The Morgan fingerprint density at radius 2 is 1.69 bits per heavy atom. The van der Waals surface area contributed by atoms with E-state index in [-0.39, 0.29) is 17.8 Å². The lowest BCUT2D eigenvalue weighted by molar-refractivity contribution is -0.112. The van der Waals surface area contributed by atoms with Crippen LogP contribution in [0.15, 0.2) is 77.7 Å². The smallest absolute Gasteiger partial charge is 0.273 e. The van der Waals surface area contributed by atoms with Crippen LogP contribution in [0, 0.1) is 5.82 Å². The van der Waals surface area contributed by atoms with Gasteiger partial charge in [0.1, 0.15) is 11.6 Å². The van der Waals surface area contributed by atoms with Gasteiger partial charge in [-0.15, -0.1) is 0 Å². The number of aliphatic hydroxyl groups is 1. The molecule has 1 aliphatic rings. The maximum absolute atomic E-state index is 13.4. The number of rotatable bonds is 5. The molecule has 0 atom stereocenters. The summed E-state index contributed by atoms with van der Waals surface area (Å²) < 4.78 is 46.3. The zero-order valence-electron chi connectivity index (χ0n) is 16.9. The van der Waals surface area contributed by atoms with Crippen molar-refractivity contribution in [2.24, 2.45) is 0 Å². The minimum absolute atomic E-state index is 0.147. The number of anilines is 2. The molecule has 0 saturated carbocycles. The molecule has 3 aromatic carbocycles. The fourth-order valence-electron chi connectivity index (χ4n) is 3.39. The summed E-state index contributed by atoms with van der Waals surface area (Å²) >= 11 is 0. The fourth-order valence-corrected chi connectivity index (χ4v) is 4.99. The summed E-state index contributed by atoms with van der Waals surface area (Å²) in [5, 5.41) is 13.3. The second-order valence-corrected chi connectivity index (χ2v) is 8.81. The van der Waals surface area contributed by atoms with Crippen LogP contribution in [0.25, 0.3) is 5.76 Å². The molecule has 0 fully saturated rings. The number of nitrogens with one attached hydrogen (secondary N) is 1. The Morgan fingerprint density at radius 1 is 1.03 bits per heavy atom. The van der Waals surface area contributed by atoms with E-state index in [1.807, 2.05) is 0 Å². The maximum atomic E-state index is 13.4. The molecule has 7 nitrogen and oxygen atoms in total. The van der Waals surface area contributed by atoms with Crippen LogP contribution >= 0.6 is 0 Å². The number of para-hydroxylation sites is 1. The van der Waals surface area contributed by atoms with Crippen molar-refractivity contribution in [2.75, 3.05) is 16.7 Å². The highest BCUT2D eigenvalue weighted by Crippen LogP contribution is 2.39. The highest BCUT2D eigenvalue weighted by atomic mass is 32.2. The van der Waals surface area contributed by atoms with Gasteiger partial charge in [-0.3, -0.25) is 9.10 Å². The lowest BCUT2D eigenvalue weighted by Crippen LogP contribution is -2.39. The van der Waals surface area contributed by atoms with Crippen LogP contribution in [-0.4, -0.2) is 26.5 Å². The SMILES string of the molecule is COc1ccc(NC(=O)C2=C(O)c3ccccc3N(Cc3ccc(F)cc3)S2(=O)=O)cc1. The van der Waals surface area contributed by atoms with Gasteiger partial charge in [-0.25, -0.2) is 12.8 Å². The molecule has 2 N–H and O–H groups in total. The van der Waals surface area contributed by atoms with Gasteiger partial charge in [0.25, 0.3) is 15.9 Å². The second-order valence-electron chi connectivity index (χ2n) is 7.02. The minimum atomic E-state index is -4.43. The molecular weight excluding hydrogens is 435 g/mol. The van der Waals surface area contributed by atoms with Crippen molar-refractivity contribution < 1.29 is 27.4 Å². The summed E-state index contributed by atoms with van der Waals surface area (Å²) in [4.78, 5) is 12.2. The van der Waals surface area contributed by atoms with Crippen LogP contribution in [0.1, 0.15) is 11.1 Å². The molecule has 0 bridgehead atoms. The Balaban J connectivity index is 1.75. The van der Waals surface area contributed by atoms with Crippen molar-refractivity contribution in [3.05, 3.63) is 94.6 Å². The van der Waals surface area contributed by atoms with Crippen molar-refractivity contribution in [1.82, 2.24) is 0 Å². The largest absolute Gasteiger partial charge is 0.506 e.